The molecule has 3 rings (SSSR count). The number of aliphatic hydroxyl groups excluding tert-OH is 3. The second kappa shape index (κ2) is 15.2. The van der Waals surface area contributed by atoms with Crippen LogP contribution in [0, 0.1) is 0 Å². The Balaban J connectivity index is 1.32. The standard InChI is InChI=1S/C24H40N4O6/c29-17-20-21(30)22(32-15-7-3-1-5-11-27-13-9-25-18-27)23(24(31)34-20)33-16-8-4-2-6-12-28-14-10-26-19-28/h9-10,13-14,18-24,29-31H,1-8,11-12,15-17H2/t20-,21-,22+,23-,24?/m1/s1. The molecule has 2 aromatic rings. The fourth-order valence-electron chi connectivity index (χ4n) is 4.20. The molecule has 1 aliphatic rings. The second-order valence-electron chi connectivity index (χ2n) is 8.84. The van der Waals surface area contributed by atoms with Crippen molar-refractivity contribution in [2.75, 3.05) is 19.8 Å². The molecule has 192 valence electrons. The van der Waals surface area contributed by atoms with Crippen molar-refractivity contribution in [2.24, 2.45) is 0 Å². The molecule has 2 aromatic heterocycles. The van der Waals surface area contributed by atoms with E-state index < -0.39 is 37.3 Å². The lowest BCUT2D eigenvalue weighted by Crippen LogP contribution is -2.60. The van der Waals surface area contributed by atoms with Gasteiger partial charge in [0.25, 0.3) is 0 Å². The molecule has 3 N–H and O–H groups in total. The van der Waals surface area contributed by atoms with Crippen molar-refractivity contribution >= 4 is 0 Å². The molecule has 1 unspecified atom stereocenters. The molecule has 10 heteroatoms. The summed E-state index contributed by atoms with van der Waals surface area (Å²) in [6, 6.07) is 0. The predicted octanol–water partition coefficient (Wildman–Crippen LogP) is 1.74. The van der Waals surface area contributed by atoms with E-state index in [0.717, 1.165) is 64.5 Å². The number of aromatic nitrogens is 4. The Morgan fingerprint density at radius 3 is 1.76 bits per heavy atom. The Kier molecular flexibility index (Phi) is 12.0. The summed E-state index contributed by atoms with van der Waals surface area (Å²) in [6.07, 6.45) is 14.4. The molecule has 0 radical (unpaired) electrons. The first kappa shape index (κ1) is 26.8. The maximum Gasteiger partial charge on any atom is 0.184 e. The van der Waals surface area contributed by atoms with Crippen LogP contribution in [0.15, 0.2) is 37.4 Å². The highest BCUT2D eigenvalue weighted by atomic mass is 16.7. The first-order valence-corrected chi connectivity index (χ1v) is 12.5. The van der Waals surface area contributed by atoms with Crippen LogP contribution in [-0.4, -0.2) is 84.9 Å². The number of aliphatic hydroxyl groups is 3. The summed E-state index contributed by atoms with van der Waals surface area (Å²) in [7, 11) is 0. The summed E-state index contributed by atoms with van der Waals surface area (Å²) >= 11 is 0. The second-order valence-corrected chi connectivity index (χ2v) is 8.84. The van der Waals surface area contributed by atoms with Crippen LogP contribution in [0.4, 0.5) is 0 Å². The quantitative estimate of drug-likeness (QED) is 0.293. The predicted molar refractivity (Wildman–Crippen MR) is 125 cm³/mol. The van der Waals surface area contributed by atoms with E-state index in [9.17, 15) is 15.3 Å². The van der Waals surface area contributed by atoms with E-state index in [1.807, 2.05) is 25.0 Å². The third kappa shape index (κ3) is 8.75. The fourth-order valence-corrected chi connectivity index (χ4v) is 4.20. The maximum absolute atomic E-state index is 10.6. The van der Waals surface area contributed by atoms with Gasteiger partial charge in [0.1, 0.15) is 24.4 Å². The largest absolute Gasteiger partial charge is 0.394 e. The molecule has 34 heavy (non-hydrogen) atoms. The minimum Gasteiger partial charge on any atom is -0.394 e. The van der Waals surface area contributed by atoms with E-state index >= 15 is 0 Å². The number of aryl methyl sites for hydroxylation is 2. The van der Waals surface area contributed by atoms with E-state index in [1.165, 1.54) is 0 Å². The first-order chi connectivity index (χ1) is 16.7. The number of imidazole rings is 2. The van der Waals surface area contributed by atoms with Gasteiger partial charge >= 0.3 is 0 Å². The van der Waals surface area contributed by atoms with Crippen LogP contribution in [-0.2, 0) is 27.3 Å². The highest BCUT2D eigenvalue weighted by Crippen LogP contribution is 2.25. The van der Waals surface area contributed by atoms with Gasteiger partial charge in [-0.25, -0.2) is 9.97 Å². The van der Waals surface area contributed by atoms with E-state index in [2.05, 4.69) is 19.1 Å². The van der Waals surface area contributed by atoms with Gasteiger partial charge < -0.3 is 38.7 Å². The molecule has 0 aromatic carbocycles. The van der Waals surface area contributed by atoms with Crippen LogP contribution in [0.5, 0.6) is 0 Å². The monoisotopic (exact) mass is 480 g/mol. The smallest absolute Gasteiger partial charge is 0.184 e. The van der Waals surface area contributed by atoms with Crippen molar-refractivity contribution in [3.05, 3.63) is 37.4 Å². The van der Waals surface area contributed by atoms with E-state index in [-0.39, 0.29) is 0 Å². The van der Waals surface area contributed by atoms with Crippen molar-refractivity contribution in [3.8, 4) is 0 Å². The van der Waals surface area contributed by atoms with Gasteiger partial charge in [-0.2, -0.15) is 0 Å². The number of hydrogen-bond donors (Lipinski definition) is 3. The summed E-state index contributed by atoms with van der Waals surface area (Å²) in [4.78, 5) is 8.08. The Labute approximate surface area is 201 Å². The minimum absolute atomic E-state index is 0.393. The van der Waals surface area contributed by atoms with Gasteiger partial charge in [-0.1, -0.05) is 25.7 Å². The van der Waals surface area contributed by atoms with Gasteiger partial charge in [0, 0.05) is 51.1 Å². The molecule has 0 bridgehead atoms. The molecule has 1 aliphatic heterocycles. The van der Waals surface area contributed by atoms with Gasteiger partial charge in [-0.15, -0.1) is 0 Å². The van der Waals surface area contributed by atoms with Crippen molar-refractivity contribution in [2.45, 2.75) is 95.2 Å². The zero-order valence-corrected chi connectivity index (χ0v) is 19.9. The molecule has 3 heterocycles. The lowest BCUT2D eigenvalue weighted by molar-refractivity contribution is -0.303. The Bertz CT molecular complexity index is 745. The zero-order chi connectivity index (χ0) is 24.0. The highest BCUT2D eigenvalue weighted by Gasteiger charge is 2.45. The van der Waals surface area contributed by atoms with Crippen LogP contribution in [0.3, 0.4) is 0 Å². The Morgan fingerprint density at radius 2 is 1.26 bits per heavy atom. The van der Waals surface area contributed by atoms with Gasteiger partial charge in [0.05, 0.1) is 19.3 Å². The lowest BCUT2D eigenvalue weighted by atomic mass is 9.98. The van der Waals surface area contributed by atoms with Gasteiger partial charge in [-0.05, 0) is 25.7 Å². The number of ether oxygens (including phenoxy) is 3. The SMILES string of the molecule is OC[C@H]1OC(O)[C@H](OCCCCCCn2ccnc2)[C@@H](OCCCCCCn2ccnc2)[C@@H]1O. The highest BCUT2D eigenvalue weighted by molar-refractivity contribution is 4.91. The molecular formula is C24H40N4O6. The van der Waals surface area contributed by atoms with E-state index in [0.29, 0.717) is 13.2 Å². The van der Waals surface area contributed by atoms with Crippen LogP contribution >= 0.6 is 0 Å². The first-order valence-electron chi connectivity index (χ1n) is 12.5. The topological polar surface area (TPSA) is 124 Å². The Morgan fingerprint density at radius 1 is 0.735 bits per heavy atom. The fraction of sp³-hybridized carbons (Fsp3) is 0.750. The van der Waals surface area contributed by atoms with Gasteiger partial charge in [-0.3, -0.25) is 0 Å². The summed E-state index contributed by atoms with van der Waals surface area (Å²) in [6.45, 7) is 2.40. The van der Waals surface area contributed by atoms with Crippen molar-refractivity contribution in [1.82, 2.24) is 19.1 Å². The van der Waals surface area contributed by atoms with Crippen LogP contribution in [0.25, 0.3) is 0 Å². The minimum atomic E-state index is -1.25. The molecule has 0 aliphatic carbocycles. The van der Waals surface area contributed by atoms with Gasteiger partial charge in [0.2, 0.25) is 0 Å². The van der Waals surface area contributed by atoms with Crippen LogP contribution < -0.4 is 0 Å². The van der Waals surface area contributed by atoms with Gasteiger partial charge in [0.15, 0.2) is 6.29 Å². The normalized spacial score (nSPS) is 25.1. The molecule has 0 amide bonds. The van der Waals surface area contributed by atoms with E-state index in [1.54, 1.807) is 12.4 Å². The van der Waals surface area contributed by atoms with Crippen molar-refractivity contribution in [1.29, 1.82) is 0 Å². The number of nitrogens with zero attached hydrogens (tertiary/aromatic N) is 4. The average molecular weight is 481 g/mol. The van der Waals surface area contributed by atoms with Crippen LogP contribution in [0.1, 0.15) is 51.4 Å². The van der Waals surface area contributed by atoms with Crippen molar-refractivity contribution < 1.29 is 29.5 Å². The molecule has 1 fully saturated rings. The number of unbranched alkanes of at least 4 members (excludes halogenated alkanes) is 6. The van der Waals surface area contributed by atoms with Crippen LogP contribution in [0.2, 0.25) is 0 Å². The van der Waals surface area contributed by atoms with E-state index in [4.69, 9.17) is 14.2 Å². The maximum atomic E-state index is 10.6. The average Bonchev–Trinajstić information content (AvgIpc) is 3.55. The lowest BCUT2D eigenvalue weighted by Gasteiger charge is -2.42. The molecule has 0 spiro atoms. The molecule has 0 saturated carbocycles. The summed E-state index contributed by atoms with van der Waals surface area (Å²) in [5, 5.41) is 30.5. The zero-order valence-electron chi connectivity index (χ0n) is 19.9. The summed E-state index contributed by atoms with van der Waals surface area (Å²) in [5.74, 6) is 0. The number of hydrogen-bond acceptors (Lipinski definition) is 8. The molecule has 10 nitrogen and oxygen atoms in total. The Hall–Kier alpha value is -1.82. The molecular weight excluding hydrogens is 440 g/mol. The third-order valence-electron chi connectivity index (χ3n) is 6.18. The third-order valence-corrected chi connectivity index (χ3v) is 6.18. The molecule has 1 saturated heterocycles. The molecule has 5 atom stereocenters. The summed E-state index contributed by atoms with van der Waals surface area (Å²) in [5.41, 5.74) is 0. The summed E-state index contributed by atoms with van der Waals surface area (Å²) < 4.78 is 21.3. The van der Waals surface area contributed by atoms with Crippen molar-refractivity contribution in [3.63, 3.8) is 0 Å². The number of rotatable bonds is 17.